The zero-order chi connectivity index (χ0) is 22.1. The molecule has 1 aromatic carbocycles. The number of piperazine rings is 1. The maximum atomic E-state index is 13.0. The van der Waals surface area contributed by atoms with Crippen LogP contribution in [0.2, 0.25) is 0 Å². The molecule has 32 heavy (non-hydrogen) atoms. The number of H-pyrrole nitrogens is 1. The van der Waals surface area contributed by atoms with Gasteiger partial charge in [-0.1, -0.05) is 13.0 Å². The topological polar surface area (TPSA) is 90.3 Å². The summed E-state index contributed by atoms with van der Waals surface area (Å²) < 4.78 is 1.88. The maximum absolute atomic E-state index is 13.0. The number of nitrogens with one attached hydrogen (secondary N) is 3. The molecule has 1 aliphatic heterocycles. The van der Waals surface area contributed by atoms with E-state index in [1.54, 1.807) is 0 Å². The molecule has 1 fully saturated rings. The van der Waals surface area contributed by atoms with E-state index < -0.39 is 0 Å². The standard InChI is InChI=1S/C24H29N7O/c1-3-18-23(31-9-6-16(2)12-22(31)29-18)24(32)26-14-17-4-5-19-20(13-17)28-21(27-19)15-30-10-7-25-8-11-30/h4-6,9,12-13,25H,3,7-8,10-11,14-15H2,1-2H3,(H,26,32)(H,27,28). The second kappa shape index (κ2) is 8.72. The molecule has 5 rings (SSSR count). The first-order valence-corrected chi connectivity index (χ1v) is 11.3. The Bertz CT molecular complexity index is 1270. The smallest absolute Gasteiger partial charge is 0.270 e. The lowest BCUT2D eigenvalue weighted by Gasteiger charge is -2.26. The fourth-order valence-corrected chi connectivity index (χ4v) is 4.32. The van der Waals surface area contributed by atoms with E-state index in [4.69, 9.17) is 4.98 Å². The Morgan fingerprint density at radius 1 is 1.16 bits per heavy atom. The lowest BCUT2D eigenvalue weighted by atomic mass is 10.2. The van der Waals surface area contributed by atoms with Crippen LogP contribution >= 0.6 is 0 Å². The molecule has 1 saturated heterocycles. The average molecular weight is 432 g/mol. The van der Waals surface area contributed by atoms with Crippen molar-refractivity contribution in [2.45, 2.75) is 33.4 Å². The molecular weight excluding hydrogens is 402 g/mol. The van der Waals surface area contributed by atoms with Gasteiger partial charge in [0.2, 0.25) is 0 Å². The molecule has 166 valence electrons. The molecule has 0 unspecified atom stereocenters. The van der Waals surface area contributed by atoms with Crippen LogP contribution in [0.4, 0.5) is 0 Å². The second-order valence-corrected chi connectivity index (χ2v) is 8.44. The van der Waals surface area contributed by atoms with Crippen molar-refractivity contribution >= 4 is 22.6 Å². The molecule has 0 aliphatic carbocycles. The number of nitrogens with zero attached hydrogens (tertiary/aromatic N) is 4. The van der Waals surface area contributed by atoms with Crippen molar-refractivity contribution in [2.24, 2.45) is 0 Å². The highest BCUT2D eigenvalue weighted by Gasteiger charge is 2.18. The van der Waals surface area contributed by atoms with Crippen molar-refractivity contribution in [1.29, 1.82) is 0 Å². The molecule has 8 nitrogen and oxygen atoms in total. The van der Waals surface area contributed by atoms with Gasteiger partial charge in [0.05, 0.1) is 23.3 Å². The molecule has 3 aromatic heterocycles. The first-order chi connectivity index (χ1) is 15.6. The van der Waals surface area contributed by atoms with Gasteiger partial charge in [-0.15, -0.1) is 0 Å². The Morgan fingerprint density at radius 3 is 2.81 bits per heavy atom. The van der Waals surface area contributed by atoms with E-state index >= 15 is 0 Å². The third-order valence-electron chi connectivity index (χ3n) is 6.04. The van der Waals surface area contributed by atoms with Gasteiger partial charge < -0.3 is 15.6 Å². The Labute approximate surface area is 187 Å². The van der Waals surface area contributed by atoms with Crippen LogP contribution in [0.25, 0.3) is 16.7 Å². The number of fused-ring (bicyclic) bond motifs is 2. The van der Waals surface area contributed by atoms with Crippen molar-refractivity contribution in [1.82, 2.24) is 34.9 Å². The van der Waals surface area contributed by atoms with Crippen LogP contribution in [-0.2, 0) is 19.5 Å². The number of carbonyl (C=O) groups excluding carboxylic acids is 1. The van der Waals surface area contributed by atoms with Crippen molar-refractivity contribution in [3.8, 4) is 0 Å². The predicted octanol–water partition coefficient (Wildman–Crippen LogP) is 2.42. The highest BCUT2D eigenvalue weighted by atomic mass is 16.1. The molecule has 0 bridgehead atoms. The molecule has 8 heteroatoms. The normalized spacial score (nSPS) is 14.9. The zero-order valence-electron chi connectivity index (χ0n) is 18.6. The molecule has 4 aromatic rings. The first kappa shape index (κ1) is 20.7. The van der Waals surface area contributed by atoms with Gasteiger partial charge in [0, 0.05) is 38.9 Å². The summed E-state index contributed by atoms with van der Waals surface area (Å²) in [5.74, 6) is 0.874. The average Bonchev–Trinajstić information content (AvgIpc) is 3.37. The molecule has 0 saturated carbocycles. The highest BCUT2D eigenvalue weighted by Crippen LogP contribution is 2.17. The molecule has 4 heterocycles. The summed E-state index contributed by atoms with van der Waals surface area (Å²) in [5.41, 5.74) is 6.35. The number of hydrogen-bond donors (Lipinski definition) is 3. The second-order valence-electron chi connectivity index (χ2n) is 8.44. The summed E-state index contributed by atoms with van der Waals surface area (Å²) in [7, 11) is 0. The quantitative estimate of drug-likeness (QED) is 0.436. The number of amides is 1. The monoisotopic (exact) mass is 431 g/mol. The van der Waals surface area contributed by atoms with Gasteiger partial charge in [-0.05, 0) is 48.7 Å². The summed E-state index contributed by atoms with van der Waals surface area (Å²) in [5, 5.41) is 6.45. The number of pyridine rings is 1. The lowest BCUT2D eigenvalue weighted by molar-refractivity contribution is 0.0944. The van der Waals surface area contributed by atoms with E-state index in [0.29, 0.717) is 18.7 Å². The van der Waals surface area contributed by atoms with Crippen LogP contribution in [0.3, 0.4) is 0 Å². The lowest BCUT2D eigenvalue weighted by Crippen LogP contribution is -2.43. The molecule has 3 N–H and O–H groups in total. The predicted molar refractivity (Wildman–Crippen MR) is 125 cm³/mol. The van der Waals surface area contributed by atoms with Gasteiger partial charge in [-0.2, -0.15) is 0 Å². The fraction of sp³-hybridized carbons (Fsp3) is 0.375. The number of carbonyl (C=O) groups is 1. The SMILES string of the molecule is CCc1nc2cc(C)ccn2c1C(=O)NCc1ccc2nc(CN3CCNCC3)[nH]c2c1. The summed E-state index contributed by atoms with van der Waals surface area (Å²) >= 11 is 0. The third kappa shape index (κ3) is 4.11. The third-order valence-corrected chi connectivity index (χ3v) is 6.04. The van der Waals surface area contributed by atoms with Gasteiger partial charge in [0.25, 0.3) is 5.91 Å². The molecule has 0 radical (unpaired) electrons. The summed E-state index contributed by atoms with van der Waals surface area (Å²) in [4.78, 5) is 28.3. The molecular formula is C24H29N7O. The van der Waals surface area contributed by atoms with Crippen molar-refractivity contribution in [3.05, 3.63) is 64.9 Å². The summed E-state index contributed by atoms with van der Waals surface area (Å²) in [6.45, 7) is 9.45. The number of aromatic amines is 1. The minimum atomic E-state index is -0.109. The number of aryl methyl sites for hydroxylation is 2. The van der Waals surface area contributed by atoms with E-state index in [9.17, 15) is 4.79 Å². The van der Waals surface area contributed by atoms with Crippen molar-refractivity contribution < 1.29 is 4.79 Å². The maximum Gasteiger partial charge on any atom is 0.270 e. The van der Waals surface area contributed by atoms with Crippen molar-refractivity contribution in [3.63, 3.8) is 0 Å². The van der Waals surface area contributed by atoms with E-state index in [1.165, 1.54) is 0 Å². The minimum Gasteiger partial charge on any atom is -0.347 e. The summed E-state index contributed by atoms with van der Waals surface area (Å²) in [6, 6.07) is 10.1. The van der Waals surface area contributed by atoms with Crippen LogP contribution in [0.1, 0.15) is 40.1 Å². The van der Waals surface area contributed by atoms with E-state index in [1.807, 2.05) is 48.7 Å². The first-order valence-electron chi connectivity index (χ1n) is 11.3. The van der Waals surface area contributed by atoms with E-state index in [2.05, 4.69) is 31.6 Å². The van der Waals surface area contributed by atoms with Crippen LogP contribution in [-0.4, -0.2) is 56.3 Å². The molecule has 0 spiro atoms. The van der Waals surface area contributed by atoms with Crippen molar-refractivity contribution in [2.75, 3.05) is 26.2 Å². The Kier molecular flexibility index (Phi) is 5.63. The van der Waals surface area contributed by atoms with E-state index in [0.717, 1.165) is 72.0 Å². The Balaban J connectivity index is 1.30. The van der Waals surface area contributed by atoms with Gasteiger partial charge in [0.15, 0.2) is 0 Å². The minimum absolute atomic E-state index is 0.109. The molecule has 1 aliphatic rings. The number of imidazole rings is 2. The van der Waals surface area contributed by atoms with E-state index in [-0.39, 0.29) is 5.91 Å². The van der Waals surface area contributed by atoms with Gasteiger partial charge in [-0.3, -0.25) is 14.1 Å². The van der Waals surface area contributed by atoms with Crippen LogP contribution < -0.4 is 10.6 Å². The van der Waals surface area contributed by atoms with Gasteiger partial charge in [-0.25, -0.2) is 9.97 Å². The summed E-state index contributed by atoms with van der Waals surface area (Å²) in [6.07, 6.45) is 2.63. The fourth-order valence-electron chi connectivity index (χ4n) is 4.32. The number of hydrogen-bond acceptors (Lipinski definition) is 5. The number of benzene rings is 1. The van der Waals surface area contributed by atoms with Gasteiger partial charge in [0.1, 0.15) is 17.2 Å². The zero-order valence-corrected chi connectivity index (χ0v) is 18.6. The largest absolute Gasteiger partial charge is 0.347 e. The van der Waals surface area contributed by atoms with Crippen LogP contribution in [0.15, 0.2) is 36.5 Å². The molecule has 1 amide bonds. The van der Waals surface area contributed by atoms with Crippen LogP contribution in [0, 0.1) is 6.92 Å². The number of aromatic nitrogens is 4. The number of rotatable bonds is 6. The molecule has 0 atom stereocenters. The highest BCUT2D eigenvalue weighted by molar-refractivity contribution is 5.94. The Morgan fingerprint density at radius 2 is 2.00 bits per heavy atom. The Hall–Kier alpha value is -3.23. The van der Waals surface area contributed by atoms with Crippen LogP contribution in [0.5, 0.6) is 0 Å². The van der Waals surface area contributed by atoms with Gasteiger partial charge >= 0.3 is 0 Å².